The summed E-state index contributed by atoms with van der Waals surface area (Å²) in [6.45, 7) is 13.3. The summed E-state index contributed by atoms with van der Waals surface area (Å²) in [7, 11) is 0. The Labute approximate surface area is 197 Å². The molecule has 5 heteroatoms. The van der Waals surface area contributed by atoms with Crippen LogP contribution in [0.15, 0.2) is 60.1 Å². The van der Waals surface area contributed by atoms with Gasteiger partial charge in [0.05, 0.1) is 23.9 Å². The van der Waals surface area contributed by atoms with Crippen LogP contribution in [0.3, 0.4) is 0 Å². The molecule has 1 aromatic carbocycles. The Balaban J connectivity index is 2.22. The predicted octanol–water partition coefficient (Wildman–Crippen LogP) is 6.25. The maximum Gasteiger partial charge on any atom is 0.219 e. The van der Waals surface area contributed by atoms with Crippen LogP contribution in [-0.4, -0.2) is 11.6 Å². The van der Waals surface area contributed by atoms with Gasteiger partial charge in [-0.05, 0) is 92.6 Å². The number of nitrogens with zero attached hydrogens (tertiary/aromatic N) is 2. The highest BCUT2D eigenvalue weighted by atomic mass is 16.5. The summed E-state index contributed by atoms with van der Waals surface area (Å²) in [5.41, 5.74) is 15.2. The third kappa shape index (κ3) is 5.12. The Kier molecular flexibility index (Phi) is 7.95. The largest absolute Gasteiger partial charge is 0.478 e. The molecule has 0 bridgehead atoms. The molecule has 0 spiro atoms. The number of anilines is 1. The van der Waals surface area contributed by atoms with E-state index in [1.807, 2.05) is 31.3 Å². The van der Waals surface area contributed by atoms with E-state index in [4.69, 9.17) is 10.5 Å². The number of benzene rings is 1. The molecule has 1 aliphatic heterocycles. The Hall–Kier alpha value is -3.52. The minimum atomic E-state index is 0.0263. The lowest BCUT2D eigenvalue weighted by atomic mass is 9.80. The molecule has 0 amide bonds. The van der Waals surface area contributed by atoms with E-state index in [0.717, 1.165) is 53.8 Å². The van der Waals surface area contributed by atoms with Crippen LogP contribution in [0.4, 0.5) is 5.69 Å². The Bertz CT molecular complexity index is 1140. The van der Waals surface area contributed by atoms with Crippen LogP contribution in [0.2, 0.25) is 0 Å². The van der Waals surface area contributed by atoms with Crippen LogP contribution in [0.1, 0.15) is 73.8 Å². The number of pyridine rings is 1. The summed E-state index contributed by atoms with van der Waals surface area (Å²) in [5, 5.41) is 13.1. The number of aromatic nitrogens is 1. The summed E-state index contributed by atoms with van der Waals surface area (Å²) in [5.74, 6) is 0.686. The number of aryl methyl sites for hydroxylation is 2. The van der Waals surface area contributed by atoms with Gasteiger partial charge in [-0.2, -0.15) is 5.26 Å². The number of fused-ring (bicyclic) bond motifs is 1. The van der Waals surface area contributed by atoms with Crippen LogP contribution in [0.25, 0.3) is 0 Å². The first-order valence-corrected chi connectivity index (χ1v) is 11.6. The number of hydrogen-bond donors (Lipinski definition) is 2. The van der Waals surface area contributed by atoms with Crippen LogP contribution in [0.5, 0.6) is 5.88 Å². The molecule has 3 rings (SSSR count). The van der Waals surface area contributed by atoms with Crippen LogP contribution >= 0.6 is 0 Å². The molecule has 3 N–H and O–H groups in total. The van der Waals surface area contributed by atoms with Gasteiger partial charge in [-0.25, -0.2) is 4.98 Å². The number of nitriles is 1. The van der Waals surface area contributed by atoms with Gasteiger partial charge in [0.15, 0.2) is 0 Å². The smallest absolute Gasteiger partial charge is 0.219 e. The van der Waals surface area contributed by atoms with Crippen molar-refractivity contribution in [2.75, 3.05) is 11.9 Å². The Morgan fingerprint density at radius 1 is 1.36 bits per heavy atom. The van der Waals surface area contributed by atoms with Crippen molar-refractivity contribution in [3.8, 4) is 11.9 Å². The first kappa shape index (κ1) is 24.1. The Morgan fingerprint density at radius 2 is 2.15 bits per heavy atom. The second-order valence-electron chi connectivity index (χ2n) is 8.40. The van der Waals surface area contributed by atoms with Crippen LogP contribution in [-0.2, 0) is 6.42 Å². The van der Waals surface area contributed by atoms with Gasteiger partial charge in [0.2, 0.25) is 5.88 Å². The summed E-state index contributed by atoms with van der Waals surface area (Å²) in [6.07, 6.45) is 8.74. The maximum atomic E-state index is 9.44. The molecule has 172 valence electrons. The average Bonchev–Trinajstić information content (AvgIpc) is 2.97. The van der Waals surface area contributed by atoms with Gasteiger partial charge >= 0.3 is 0 Å². The van der Waals surface area contributed by atoms with Gasteiger partial charge < -0.3 is 15.8 Å². The van der Waals surface area contributed by atoms with Gasteiger partial charge in [-0.3, -0.25) is 0 Å². The third-order valence-corrected chi connectivity index (χ3v) is 6.28. The van der Waals surface area contributed by atoms with E-state index in [2.05, 4.69) is 49.8 Å². The number of hydrogen-bond acceptors (Lipinski definition) is 5. The first-order chi connectivity index (χ1) is 15.9. The molecule has 1 aromatic heterocycles. The predicted molar refractivity (Wildman–Crippen MR) is 135 cm³/mol. The summed E-state index contributed by atoms with van der Waals surface area (Å²) in [4.78, 5) is 4.67. The zero-order valence-corrected chi connectivity index (χ0v) is 20.2. The highest BCUT2D eigenvalue weighted by Gasteiger charge is 2.31. The van der Waals surface area contributed by atoms with Crippen molar-refractivity contribution >= 4 is 5.69 Å². The van der Waals surface area contributed by atoms with E-state index in [1.54, 1.807) is 6.20 Å². The second kappa shape index (κ2) is 10.9. The summed E-state index contributed by atoms with van der Waals surface area (Å²) < 4.78 is 6.03. The van der Waals surface area contributed by atoms with E-state index in [1.165, 1.54) is 16.7 Å². The van der Waals surface area contributed by atoms with Crippen molar-refractivity contribution in [3.05, 3.63) is 87.9 Å². The zero-order valence-electron chi connectivity index (χ0n) is 20.2. The zero-order chi connectivity index (χ0) is 24.0. The summed E-state index contributed by atoms with van der Waals surface area (Å²) in [6, 6.07) is 8.29. The van der Waals surface area contributed by atoms with E-state index in [0.29, 0.717) is 18.1 Å². The van der Waals surface area contributed by atoms with E-state index >= 15 is 0 Å². The number of ether oxygens (including phenoxy) is 1. The highest BCUT2D eigenvalue weighted by Crippen LogP contribution is 2.47. The van der Waals surface area contributed by atoms with Gasteiger partial charge in [0.1, 0.15) is 0 Å². The molecular weight excluding hydrogens is 408 g/mol. The average molecular weight is 443 g/mol. The molecule has 2 heterocycles. The van der Waals surface area contributed by atoms with Crippen LogP contribution < -0.4 is 15.8 Å². The molecule has 33 heavy (non-hydrogen) atoms. The highest BCUT2D eigenvalue weighted by molar-refractivity contribution is 5.69. The fourth-order valence-electron chi connectivity index (χ4n) is 4.57. The molecule has 0 saturated carbocycles. The topological polar surface area (TPSA) is 84.0 Å². The Morgan fingerprint density at radius 3 is 2.82 bits per heavy atom. The monoisotopic (exact) mass is 442 g/mol. The van der Waals surface area contributed by atoms with Crippen molar-refractivity contribution in [1.29, 1.82) is 5.26 Å². The van der Waals surface area contributed by atoms with Gasteiger partial charge in [0.25, 0.3) is 0 Å². The van der Waals surface area contributed by atoms with Crippen molar-refractivity contribution in [1.82, 2.24) is 4.98 Å². The molecule has 0 saturated heterocycles. The molecule has 0 aliphatic carbocycles. The number of nitrogens with two attached hydrogens (primary N) is 1. The molecular formula is C28H34N4O. The van der Waals surface area contributed by atoms with Crippen LogP contribution in [0, 0.1) is 18.3 Å². The second-order valence-corrected chi connectivity index (χ2v) is 8.40. The first-order valence-electron chi connectivity index (χ1n) is 11.6. The lowest BCUT2D eigenvalue weighted by Gasteiger charge is -2.25. The maximum absolute atomic E-state index is 9.44. The minimum absolute atomic E-state index is 0.0263. The van der Waals surface area contributed by atoms with E-state index in [-0.39, 0.29) is 5.92 Å². The molecule has 0 fully saturated rings. The fourth-order valence-corrected chi connectivity index (χ4v) is 4.57. The van der Waals surface area contributed by atoms with Crippen molar-refractivity contribution in [2.45, 2.75) is 59.3 Å². The normalized spacial score (nSPS) is 15.5. The van der Waals surface area contributed by atoms with E-state index in [9.17, 15) is 5.26 Å². The van der Waals surface area contributed by atoms with Crippen molar-refractivity contribution in [2.24, 2.45) is 5.73 Å². The minimum Gasteiger partial charge on any atom is -0.478 e. The quantitative estimate of drug-likeness (QED) is 0.504. The van der Waals surface area contributed by atoms with E-state index < -0.39 is 0 Å². The standard InChI is InChI=1S/C28H34N4O/c1-6-22-14-21(16-30)11-12-23(22)25-15-24(18(3)10-8-9-13-29)20(5)32-27-19(4)17-31-28(26(25)27)33-7-2/h9,11-14,17,25,32H,3,6-8,10,15,29H2,1-2,4-5H3/b13-9+/t25-/m0/s1. The SMILES string of the molecule is C=C(CC/C=C/N)C1=C(C)Nc2c(C)cnc(OCC)c2[C@H](c2ccc(C#N)cc2CC)C1. The lowest BCUT2D eigenvalue weighted by molar-refractivity contribution is 0.321. The molecule has 2 aromatic rings. The molecule has 0 radical (unpaired) electrons. The molecule has 0 unspecified atom stereocenters. The summed E-state index contributed by atoms with van der Waals surface area (Å²) >= 11 is 0. The lowest BCUT2D eigenvalue weighted by Crippen LogP contribution is -2.11. The number of nitrogens with one attached hydrogen (secondary N) is 1. The molecule has 1 atom stereocenters. The van der Waals surface area contributed by atoms with Gasteiger partial charge in [-0.15, -0.1) is 0 Å². The number of rotatable bonds is 8. The van der Waals surface area contributed by atoms with Crippen molar-refractivity contribution in [3.63, 3.8) is 0 Å². The van der Waals surface area contributed by atoms with Gasteiger partial charge in [0, 0.05) is 23.4 Å². The fraction of sp³-hybridized carbons (Fsp3) is 0.357. The molecule has 5 nitrogen and oxygen atoms in total. The number of allylic oxidation sites excluding steroid dienone is 4. The molecule has 1 aliphatic rings. The third-order valence-electron chi connectivity index (χ3n) is 6.28. The van der Waals surface area contributed by atoms with Gasteiger partial charge in [-0.1, -0.05) is 25.6 Å². The van der Waals surface area contributed by atoms with Crippen molar-refractivity contribution < 1.29 is 4.74 Å².